The number of anilines is 2. The fourth-order valence-electron chi connectivity index (χ4n) is 3.23. The lowest BCUT2D eigenvalue weighted by Gasteiger charge is -2.08. The first-order valence-corrected chi connectivity index (χ1v) is 11.2. The number of aromatic nitrogens is 1. The largest absolute Gasteiger partial charge is 0.451 e. The lowest BCUT2D eigenvalue weighted by Crippen LogP contribution is -2.14. The number of hydrogen-bond donors (Lipinski definition) is 2. The predicted octanol–water partition coefficient (Wildman–Crippen LogP) is 4.75. The van der Waals surface area contributed by atoms with Gasteiger partial charge in [0.05, 0.1) is 4.90 Å². The van der Waals surface area contributed by atoms with Crippen LogP contribution in [0.3, 0.4) is 0 Å². The Balaban J connectivity index is 1.52. The molecule has 0 unspecified atom stereocenters. The minimum Gasteiger partial charge on any atom is -0.451 e. The fraction of sp³-hybridized carbons (Fsp3) is 0.130. The number of carbonyl (C=O) groups excluding carboxylic acids is 1. The second-order valence-electron chi connectivity index (χ2n) is 7.04. The topological polar surface area (TPSA) is 101 Å². The van der Waals surface area contributed by atoms with Gasteiger partial charge in [0, 0.05) is 22.8 Å². The molecule has 4 aromatic rings. The molecular formula is C23H21N3O4S. The SMILES string of the molecule is CCc1ccc2oc(C(=O)Nc3ccc(S(=O)(=O)Nc4ccccn4)cc3)c(C)c2c1. The molecule has 0 fully saturated rings. The summed E-state index contributed by atoms with van der Waals surface area (Å²) in [4.78, 5) is 16.8. The molecule has 0 saturated heterocycles. The van der Waals surface area contributed by atoms with E-state index in [9.17, 15) is 13.2 Å². The number of benzene rings is 2. The Kier molecular flexibility index (Phi) is 5.48. The van der Waals surface area contributed by atoms with Gasteiger partial charge in [-0.25, -0.2) is 13.4 Å². The van der Waals surface area contributed by atoms with Gasteiger partial charge in [-0.2, -0.15) is 0 Å². The number of rotatable bonds is 6. The highest BCUT2D eigenvalue weighted by atomic mass is 32.2. The Morgan fingerprint density at radius 3 is 2.52 bits per heavy atom. The summed E-state index contributed by atoms with van der Waals surface area (Å²) in [5.41, 5.74) is 3.04. The van der Waals surface area contributed by atoms with Gasteiger partial charge in [-0.3, -0.25) is 9.52 Å². The van der Waals surface area contributed by atoms with Crippen LogP contribution >= 0.6 is 0 Å². The number of nitrogens with one attached hydrogen (secondary N) is 2. The van der Waals surface area contributed by atoms with E-state index in [2.05, 4.69) is 21.9 Å². The second kappa shape index (κ2) is 8.23. The zero-order valence-electron chi connectivity index (χ0n) is 17.0. The summed E-state index contributed by atoms with van der Waals surface area (Å²) in [5, 5.41) is 3.67. The molecule has 2 heterocycles. The molecule has 4 rings (SSSR count). The number of furan rings is 1. The predicted molar refractivity (Wildman–Crippen MR) is 120 cm³/mol. The molecule has 0 spiro atoms. The monoisotopic (exact) mass is 435 g/mol. The minimum atomic E-state index is -3.79. The van der Waals surface area contributed by atoms with Crippen molar-refractivity contribution in [3.05, 3.63) is 83.7 Å². The van der Waals surface area contributed by atoms with E-state index in [1.165, 1.54) is 36.0 Å². The Morgan fingerprint density at radius 1 is 1.06 bits per heavy atom. The molecule has 1 amide bonds. The molecule has 0 aliphatic carbocycles. The van der Waals surface area contributed by atoms with Gasteiger partial charge in [0.15, 0.2) is 5.76 Å². The molecule has 2 aromatic carbocycles. The molecule has 0 saturated carbocycles. The van der Waals surface area contributed by atoms with Crippen LogP contribution in [-0.4, -0.2) is 19.3 Å². The van der Waals surface area contributed by atoms with Crippen LogP contribution in [0, 0.1) is 6.92 Å². The number of fused-ring (bicyclic) bond motifs is 1. The van der Waals surface area contributed by atoms with Crippen molar-refractivity contribution in [3.8, 4) is 0 Å². The van der Waals surface area contributed by atoms with E-state index in [-0.39, 0.29) is 16.5 Å². The second-order valence-corrected chi connectivity index (χ2v) is 8.72. The smallest absolute Gasteiger partial charge is 0.291 e. The summed E-state index contributed by atoms with van der Waals surface area (Å²) in [7, 11) is -3.79. The number of pyridine rings is 1. The highest BCUT2D eigenvalue weighted by Crippen LogP contribution is 2.27. The third-order valence-corrected chi connectivity index (χ3v) is 6.31. The third kappa shape index (κ3) is 4.29. The van der Waals surface area contributed by atoms with Crippen molar-refractivity contribution in [2.24, 2.45) is 0 Å². The number of hydrogen-bond acceptors (Lipinski definition) is 5. The molecule has 0 radical (unpaired) electrons. The van der Waals surface area contributed by atoms with Crippen molar-refractivity contribution in [1.82, 2.24) is 4.98 Å². The van der Waals surface area contributed by atoms with E-state index in [1.54, 1.807) is 18.2 Å². The zero-order chi connectivity index (χ0) is 22.0. The number of carbonyl (C=O) groups is 1. The van der Waals surface area contributed by atoms with Crippen LogP contribution in [0.15, 0.2) is 76.2 Å². The van der Waals surface area contributed by atoms with Crippen LogP contribution in [0.5, 0.6) is 0 Å². The standard InChI is InChI=1S/C23H21N3O4S/c1-3-16-7-12-20-19(14-16)15(2)22(30-20)23(27)25-17-8-10-18(11-9-17)31(28,29)26-21-6-4-5-13-24-21/h4-14H,3H2,1-2H3,(H,24,26)(H,25,27). The van der Waals surface area contributed by atoms with Gasteiger partial charge in [-0.1, -0.05) is 19.1 Å². The maximum atomic E-state index is 12.7. The molecule has 0 aliphatic rings. The molecule has 2 N–H and O–H groups in total. The van der Waals surface area contributed by atoms with Crippen LogP contribution < -0.4 is 10.0 Å². The Labute approximate surface area is 180 Å². The van der Waals surface area contributed by atoms with Crippen molar-refractivity contribution < 1.29 is 17.6 Å². The molecule has 31 heavy (non-hydrogen) atoms. The van der Waals surface area contributed by atoms with Crippen LogP contribution in [-0.2, 0) is 16.4 Å². The van der Waals surface area contributed by atoms with Gasteiger partial charge in [-0.15, -0.1) is 0 Å². The first kappa shape index (κ1) is 20.6. The van der Waals surface area contributed by atoms with Crippen LogP contribution in [0.4, 0.5) is 11.5 Å². The number of aryl methyl sites for hydroxylation is 2. The molecule has 8 heteroatoms. The lowest BCUT2D eigenvalue weighted by atomic mass is 10.1. The van der Waals surface area contributed by atoms with E-state index in [4.69, 9.17) is 4.42 Å². The normalized spacial score (nSPS) is 11.4. The maximum Gasteiger partial charge on any atom is 0.291 e. The first-order chi connectivity index (χ1) is 14.9. The van der Waals surface area contributed by atoms with E-state index in [0.717, 1.165) is 17.4 Å². The fourth-order valence-corrected chi connectivity index (χ4v) is 4.24. The van der Waals surface area contributed by atoms with Crippen molar-refractivity contribution in [2.45, 2.75) is 25.2 Å². The number of amides is 1. The average Bonchev–Trinajstić information content (AvgIpc) is 3.10. The van der Waals surface area contributed by atoms with Crippen molar-refractivity contribution >= 4 is 38.4 Å². The highest BCUT2D eigenvalue weighted by molar-refractivity contribution is 7.92. The molecule has 0 atom stereocenters. The van der Waals surface area contributed by atoms with Gasteiger partial charge in [0.25, 0.3) is 15.9 Å². The Hall–Kier alpha value is -3.65. The maximum absolute atomic E-state index is 12.7. The number of nitrogens with zero attached hydrogens (tertiary/aromatic N) is 1. The van der Waals surface area contributed by atoms with Crippen molar-refractivity contribution in [2.75, 3.05) is 10.0 Å². The molecule has 0 bridgehead atoms. The summed E-state index contributed by atoms with van der Waals surface area (Å²) < 4.78 is 33.2. The first-order valence-electron chi connectivity index (χ1n) is 9.74. The van der Waals surface area contributed by atoms with Gasteiger partial charge in [-0.05, 0) is 67.4 Å². The van der Waals surface area contributed by atoms with Gasteiger partial charge in [0.2, 0.25) is 0 Å². The van der Waals surface area contributed by atoms with E-state index < -0.39 is 15.9 Å². The van der Waals surface area contributed by atoms with Crippen LogP contribution in [0.1, 0.15) is 28.6 Å². The summed E-state index contributed by atoms with van der Waals surface area (Å²) in [6, 6.07) is 16.7. The Bertz CT molecular complexity index is 1350. The molecule has 158 valence electrons. The van der Waals surface area contributed by atoms with Gasteiger partial charge >= 0.3 is 0 Å². The Morgan fingerprint density at radius 2 is 1.84 bits per heavy atom. The van der Waals surface area contributed by atoms with E-state index in [1.807, 2.05) is 25.1 Å². The summed E-state index contributed by atoms with van der Waals surface area (Å²) in [6.45, 7) is 3.92. The van der Waals surface area contributed by atoms with Crippen molar-refractivity contribution in [3.63, 3.8) is 0 Å². The number of sulfonamides is 1. The third-order valence-electron chi connectivity index (χ3n) is 4.94. The summed E-state index contributed by atoms with van der Waals surface area (Å²) in [6.07, 6.45) is 2.39. The van der Waals surface area contributed by atoms with E-state index in [0.29, 0.717) is 11.3 Å². The quantitative estimate of drug-likeness (QED) is 0.455. The molecule has 0 aliphatic heterocycles. The minimum absolute atomic E-state index is 0.0585. The van der Waals surface area contributed by atoms with Gasteiger partial charge in [0.1, 0.15) is 11.4 Å². The summed E-state index contributed by atoms with van der Waals surface area (Å²) >= 11 is 0. The van der Waals surface area contributed by atoms with Gasteiger partial charge < -0.3 is 9.73 Å². The highest BCUT2D eigenvalue weighted by Gasteiger charge is 2.19. The average molecular weight is 436 g/mol. The summed E-state index contributed by atoms with van der Waals surface area (Å²) in [5.74, 6) is 0.0669. The van der Waals surface area contributed by atoms with Crippen LogP contribution in [0.25, 0.3) is 11.0 Å². The van der Waals surface area contributed by atoms with Crippen molar-refractivity contribution in [1.29, 1.82) is 0 Å². The molecular weight excluding hydrogens is 414 g/mol. The van der Waals surface area contributed by atoms with E-state index >= 15 is 0 Å². The molecule has 7 nitrogen and oxygen atoms in total. The zero-order valence-corrected chi connectivity index (χ0v) is 17.9. The van der Waals surface area contributed by atoms with Crippen LogP contribution in [0.2, 0.25) is 0 Å². The molecule has 2 aromatic heterocycles. The lowest BCUT2D eigenvalue weighted by molar-refractivity contribution is 0.0998.